The molecule has 1 N–H and O–H groups in total. The molecule has 1 heterocycles. The summed E-state index contributed by atoms with van der Waals surface area (Å²) in [6.07, 6.45) is 0. The minimum atomic E-state index is 0.655. The molecule has 2 rings (SSSR count). The third-order valence-electron chi connectivity index (χ3n) is 2.22. The Bertz CT molecular complexity index is 442. The molecule has 1 aromatic heterocycles. The van der Waals surface area contributed by atoms with Crippen LogP contribution in [0, 0.1) is 3.77 Å². The van der Waals surface area contributed by atoms with Gasteiger partial charge in [0.15, 0.2) is 3.77 Å². The van der Waals surface area contributed by atoms with Crippen molar-refractivity contribution in [3.05, 3.63) is 52.0 Å². The normalized spacial score (nSPS) is 10.4. The second-order valence-corrected chi connectivity index (χ2v) is 4.61. The van der Waals surface area contributed by atoms with E-state index < -0.39 is 0 Å². The monoisotopic (exact) mass is 343 g/mol. The van der Waals surface area contributed by atoms with Crippen molar-refractivity contribution in [3.8, 4) is 5.75 Å². The maximum absolute atomic E-state index is 5.55. The lowest BCUT2D eigenvalue weighted by Gasteiger charge is -2.06. The Labute approximate surface area is 114 Å². The van der Waals surface area contributed by atoms with Crippen molar-refractivity contribution in [2.45, 2.75) is 6.54 Å². The summed E-state index contributed by atoms with van der Waals surface area (Å²) in [5, 5.41) is 3.26. The van der Waals surface area contributed by atoms with Crippen molar-refractivity contribution in [3.63, 3.8) is 0 Å². The van der Waals surface area contributed by atoms with Crippen LogP contribution in [-0.2, 0) is 6.54 Å². The minimum Gasteiger partial charge on any atom is -0.492 e. The van der Waals surface area contributed by atoms with Crippen LogP contribution >= 0.6 is 22.6 Å². The average molecular weight is 343 g/mol. The molecular weight excluding hydrogens is 329 g/mol. The van der Waals surface area contributed by atoms with Gasteiger partial charge >= 0.3 is 0 Å². The van der Waals surface area contributed by atoms with Gasteiger partial charge in [-0.15, -0.1) is 0 Å². The fraction of sp³-hybridized carbons (Fsp3) is 0.231. The Kier molecular flexibility index (Phi) is 4.88. The Morgan fingerprint density at radius 1 is 1.12 bits per heavy atom. The first-order chi connectivity index (χ1) is 8.34. The van der Waals surface area contributed by atoms with Gasteiger partial charge in [0.05, 0.1) is 6.54 Å². The summed E-state index contributed by atoms with van der Waals surface area (Å²) in [5.74, 6) is 1.86. The molecule has 0 fully saturated rings. The molecule has 0 unspecified atom stereocenters. The fourth-order valence-corrected chi connectivity index (χ4v) is 1.88. The summed E-state index contributed by atoms with van der Waals surface area (Å²) in [7, 11) is 0. The van der Waals surface area contributed by atoms with Gasteiger partial charge in [-0.25, -0.2) is 0 Å². The molecule has 4 heteroatoms. The SMILES string of the molecule is Ic1ccc(CNCCOc2ccccc2)o1. The number of rotatable bonds is 6. The van der Waals surface area contributed by atoms with E-state index in [2.05, 4.69) is 27.9 Å². The van der Waals surface area contributed by atoms with E-state index in [1.54, 1.807) is 0 Å². The fourth-order valence-electron chi connectivity index (χ4n) is 1.42. The third kappa shape index (κ3) is 4.40. The van der Waals surface area contributed by atoms with Gasteiger partial charge < -0.3 is 14.5 Å². The largest absolute Gasteiger partial charge is 0.492 e. The van der Waals surface area contributed by atoms with E-state index in [9.17, 15) is 0 Å². The summed E-state index contributed by atoms with van der Waals surface area (Å²) in [6.45, 7) is 2.19. The lowest BCUT2D eigenvalue weighted by molar-refractivity contribution is 0.310. The predicted octanol–water partition coefficient (Wildman–Crippen LogP) is 3.05. The Balaban J connectivity index is 1.61. The van der Waals surface area contributed by atoms with Gasteiger partial charge in [-0.3, -0.25) is 0 Å². The Morgan fingerprint density at radius 2 is 1.94 bits per heavy atom. The van der Waals surface area contributed by atoms with Crippen LogP contribution in [0.4, 0.5) is 0 Å². The summed E-state index contributed by atoms with van der Waals surface area (Å²) in [4.78, 5) is 0. The maximum Gasteiger partial charge on any atom is 0.164 e. The molecule has 1 aromatic carbocycles. The highest BCUT2D eigenvalue weighted by molar-refractivity contribution is 14.1. The molecule has 0 amide bonds. The highest BCUT2D eigenvalue weighted by Crippen LogP contribution is 2.09. The molecule has 0 radical (unpaired) electrons. The second kappa shape index (κ2) is 6.66. The van der Waals surface area contributed by atoms with Gasteiger partial charge in [0, 0.05) is 6.54 Å². The molecule has 0 saturated heterocycles. The van der Waals surface area contributed by atoms with Gasteiger partial charge in [0.2, 0.25) is 0 Å². The minimum absolute atomic E-state index is 0.655. The summed E-state index contributed by atoms with van der Waals surface area (Å²) >= 11 is 2.16. The van der Waals surface area contributed by atoms with E-state index in [-0.39, 0.29) is 0 Å². The van der Waals surface area contributed by atoms with Gasteiger partial charge in [-0.2, -0.15) is 0 Å². The molecule has 0 bridgehead atoms. The van der Waals surface area contributed by atoms with Crippen LogP contribution in [0.3, 0.4) is 0 Å². The number of hydrogen-bond acceptors (Lipinski definition) is 3. The molecule has 0 saturated carbocycles. The number of ether oxygens (including phenoxy) is 1. The first kappa shape index (κ1) is 12.4. The van der Waals surface area contributed by atoms with Crippen LogP contribution in [0.15, 0.2) is 46.9 Å². The zero-order chi connectivity index (χ0) is 11.9. The lowest BCUT2D eigenvalue weighted by Crippen LogP contribution is -2.20. The van der Waals surface area contributed by atoms with E-state index in [1.807, 2.05) is 42.5 Å². The Morgan fingerprint density at radius 3 is 2.65 bits per heavy atom. The van der Waals surface area contributed by atoms with E-state index in [4.69, 9.17) is 9.15 Å². The van der Waals surface area contributed by atoms with Crippen molar-refractivity contribution in [1.29, 1.82) is 0 Å². The number of para-hydroxylation sites is 1. The van der Waals surface area contributed by atoms with E-state index in [0.717, 1.165) is 28.4 Å². The van der Waals surface area contributed by atoms with E-state index in [1.165, 1.54) is 0 Å². The maximum atomic E-state index is 5.55. The highest BCUT2D eigenvalue weighted by Gasteiger charge is 1.98. The molecule has 17 heavy (non-hydrogen) atoms. The van der Waals surface area contributed by atoms with Crippen molar-refractivity contribution >= 4 is 22.6 Å². The molecule has 2 aromatic rings. The number of hydrogen-bond donors (Lipinski definition) is 1. The standard InChI is InChI=1S/C13H14INO2/c14-13-7-6-12(17-13)10-15-8-9-16-11-4-2-1-3-5-11/h1-7,15H,8-10H2. The van der Waals surface area contributed by atoms with Crippen LogP contribution in [-0.4, -0.2) is 13.2 Å². The zero-order valence-electron chi connectivity index (χ0n) is 9.36. The first-order valence-electron chi connectivity index (χ1n) is 5.47. The van der Waals surface area contributed by atoms with Crippen molar-refractivity contribution in [1.82, 2.24) is 5.32 Å². The molecule has 0 atom stereocenters. The molecule has 0 aliphatic carbocycles. The predicted molar refractivity (Wildman–Crippen MR) is 75.1 cm³/mol. The molecule has 3 nitrogen and oxygen atoms in total. The van der Waals surface area contributed by atoms with Gasteiger partial charge in [0.1, 0.15) is 18.1 Å². The quantitative estimate of drug-likeness (QED) is 0.647. The second-order valence-electron chi connectivity index (χ2n) is 3.54. The highest BCUT2D eigenvalue weighted by atomic mass is 127. The van der Waals surface area contributed by atoms with Crippen LogP contribution in [0.25, 0.3) is 0 Å². The number of halogens is 1. The summed E-state index contributed by atoms with van der Waals surface area (Å²) in [5.41, 5.74) is 0. The molecular formula is C13H14INO2. The van der Waals surface area contributed by atoms with Crippen LogP contribution in [0.1, 0.15) is 5.76 Å². The van der Waals surface area contributed by atoms with E-state index >= 15 is 0 Å². The molecule has 90 valence electrons. The van der Waals surface area contributed by atoms with Crippen LogP contribution in [0.2, 0.25) is 0 Å². The summed E-state index contributed by atoms with van der Waals surface area (Å²) < 4.78 is 11.9. The molecule has 0 spiro atoms. The van der Waals surface area contributed by atoms with Crippen molar-refractivity contribution in [2.24, 2.45) is 0 Å². The topological polar surface area (TPSA) is 34.4 Å². The smallest absolute Gasteiger partial charge is 0.164 e. The number of benzene rings is 1. The van der Waals surface area contributed by atoms with Crippen molar-refractivity contribution < 1.29 is 9.15 Å². The summed E-state index contributed by atoms with van der Waals surface area (Å²) in [6, 6.07) is 13.7. The van der Waals surface area contributed by atoms with Crippen molar-refractivity contribution in [2.75, 3.05) is 13.2 Å². The van der Waals surface area contributed by atoms with Gasteiger partial charge in [0.25, 0.3) is 0 Å². The third-order valence-corrected chi connectivity index (χ3v) is 2.80. The lowest BCUT2D eigenvalue weighted by atomic mass is 10.3. The number of nitrogens with one attached hydrogen (secondary N) is 1. The molecule has 0 aliphatic heterocycles. The number of furan rings is 1. The Hall–Kier alpha value is -1.01. The average Bonchev–Trinajstić information content (AvgIpc) is 2.76. The van der Waals surface area contributed by atoms with Crippen LogP contribution in [0.5, 0.6) is 5.75 Å². The zero-order valence-corrected chi connectivity index (χ0v) is 11.5. The molecule has 0 aliphatic rings. The van der Waals surface area contributed by atoms with Gasteiger partial charge in [-0.05, 0) is 46.9 Å². The van der Waals surface area contributed by atoms with Gasteiger partial charge in [-0.1, -0.05) is 18.2 Å². The van der Waals surface area contributed by atoms with E-state index in [0.29, 0.717) is 6.61 Å². The van der Waals surface area contributed by atoms with Crippen LogP contribution < -0.4 is 10.1 Å². The first-order valence-corrected chi connectivity index (χ1v) is 6.55.